The Kier molecular flexibility index (Phi) is 4.70. The van der Waals surface area contributed by atoms with Crippen molar-refractivity contribution in [1.82, 2.24) is 15.3 Å². The molecule has 0 radical (unpaired) electrons. The first kappa shape index (κ1) is 15.3. The van der Waals surface area contributed by atoms with Crippen LogP contribution in [0, 0.1) is 0 Å². The molecule has 7 heteroatoms. The van der Waals surface area contributed by atoms with E-state index >= 15 is 0 Å². The number of nitrogens with zero attached hydrogens (tertiary/aromatic N) is 2. The fraction of sp³-hybridized carbons (Fsp3) is 0.231. The molecule has 3 N–H and O–H groups in total. The van der Waals surface area contributed by atoms with Gasteiger partial charge in [-0.1, -0.05) is 23.2 Å². The van der Waals surface area contributed by atoms with Crippen molar-refractivity contribution in [3.05, 3.63) is 39.5 Å². The lowest BCUT2D eigenvalue weighted by atomic mass is 10.0. The molecule has 0 saturated heterocycles. The van der Waals surface area contributed by atoms with E-state index in [1.54, 1.807) is 12.1 Å². The molecule has 0 bridgehead atoms. The normalized spacial score (nSPS) is 13.5. The molecule has 0 aliphatic carbocycles. The molecule has 0 saturated carbocycles. The molecule has 106 valence electrons. The van der Waals surface area contributed by atoms with E-state index < -0.39 is 0 Å². The summed E-state index contributed by atoms with van der Waals surface area (Å²) in [5.74, 6) is 0.279. The lowest BCUT2D eigenvalue weighted by Gasteiger charge is -2.19. The van der Waals surface area contributed by atoms with Crippen LogP contribution in [0.5, 0.6) is 0 Å². The summed E-state index contributed by atoms with van der Waals surface area (Å²) in [5, 5.41) is 4.48. The number of hydrogen-bond donors (Lipinski definition) is 2. The largest absolute Gasteiger partial charge is 0.368 e. The smallest absolute Gasteiger partial charge is 0.220 e. The van der Waals surface area contributed by atoms with Crippen molar-refractivity contribution >= 4 is 41.6 Å². The lowest BCUT2D eigenvalue weighted by molar-refractivity contribution is 0.629. The van der Waals surface area contributed by atoms with Gasteiger partial charge >= 0.3 is 0 Å². The zero-order valence-electron chi connectivity index (χ0n) is 10.5. The van der Waals surface area contributed by atoms with Gasteiger partial charge < -0.3 is 11.1 Å². The highest BCUT2D eigenvalue weighted by molar-refractivity contribution is 6.36. The number of aromatic nitrogens is 2. The molecule has 1 aliphatic rings. The summed E-state index contributed by atoms with van der Waals surface area (Å²) in [6, 6.07) is 5.37. The molecular formula is C13H13Cl3N4. The Morgan fingerprint density at radius 1 is 1.20 bits per heavy atom. The van der Waals surface area contributed by atoms with Gasteiger partial charge in [-0.3, -0.25) is 0 Å². The van der Waals surface area contributed by atoms with Gasteiger partial charge in [-0.05, 0) is 18.2 Å². The number of nitrogens with two attached hydrogens (primary N) is 1. The molecule has 3 rings (SSSR count). The number of hydrogen-bond acceptors (Lipinski definition) is 4. The second-order valence-electron chi connectivity index (χ2n) is 4.41. The van der Waals surface area contributed by atoms with Crippen molar-refractivity contribution < 1.29 is 0 Å². The Balaban J connectivity index is 0.00000147. The average Bonchev–Trinajstić information content (AvgIpc) is 2.38. The molecule has 4 nitrogen and oxygen atoms in total. The van der Waals surface area contributed by atoms with Crippen molar-refractivity contribution in [1.29, 1.82) is 0 Å². The van der Waals surface area contributed by atoms with E-state index in [1.807, 2.05) is 6.07 Å². The van der Waals surface area contributed by atoms with E-state index in [0.717, 1.165) is 42.0 Å². The first-order valence-electron chi connectivity index (χ1n) is 5.96. The minimum absolute atomic E-state index is 0. The van der Waals surface area contributed by atoms with E-state index in [4.69, 9.17) is 28.9 Å². The monoisotopic (exact) mass is 330 g/mol. The second kappa shape index (κ2) is 6.14. The van der Waals surface area contributed by atoms with Crippen LogP contribution in [0.4, 0.5) is 5.95 Å². The zero-order valence-corrected chi connectivity index (χ0v) is 12.8. The number of nitrogens with one attached hydrogen (secondary N) is 1. The summed E-state index contributed by atoms with van der Waals surface area (Å²) >= 11 is 12.2. The molecule has 0 spiro atoms. The number of anilines is 1. The van der Waals surface area contributed by atoms with E-state index in [0.29, 0.717) is 10.0 Å². The van der Waals surface area contributed by atoms with Crippen LogP contribution in [-0.4, -0.2) is 16.5 Å². The van der Waals surface area contributed by atoms with Crippen LogP contribution >= 0.6 is 35.6 Å². The average molecular weight is 332 g/mol. The third kappa shape index (κ3) is 2.83. The number of nitrogen functional groups attached to an aromatic ring is 1. The fourth-order valence-electron chi connectivity index (χ4n) is 2.27. The molecular weight excluding hydrogens is 319 g/mol. The van der Waals surface area contributed by atoms with E-state index in [1.165, 1.54) is 0 Å². The van der Waals surface area contributed by atoms with Crippen molar-refractivity contribution in [2.24, 2.45) is 0 Å². The second-order valence-corrected chi connectivity index (χ2v) is 5.25. The lowest BCUT2D eigenvalue weighted by Crippen LogP contribution is -2.26. The Hall–Kier alpha value is -1.07. The molecule has 1 aromatic heterocycles. The molecule has 2 heterocycles. The number of halogens is 3. The first-order valence-corrected chi connectivity index (χ1v) is 6.72. The van der Waals surface area contributed by atoms with Gasteiger partial charge in [0.2, 0.25) is 5.95 Å². The maximum atomic E-state index is 6.25. The van der Waals surface area contributed by atoms with Crippen LogP contribution in [0.3, 0.4) is 0 Å². The zero-order chi connectivity index (χ0) is 13.4. The van der Waals surface area contributed by atoms with Crippen molar-refractivity contribution in [3.63, 3.8) is 0 Å². The summed E-state index contributed by atoms with van der Waals surface area (Å²) < 4.78 is 0. The SMILES string of the molecule is Cl.Nc1nc2c(c(-c3ccc(Cl)cc3Cl)n1)CNCC2. The van der Waals surface area contributed by atoms with Crippen LogP contribution in [0.15, 0.2) is 18.2 Å². The van der Waals surface area contributed by atoms with Crippen LogP contribution in [0.25, 0.3) is 11.3 Å². The van der Waals surface area contributed by atoms with Crippen LogP contribution in [0.1, 0.15) is 11.3 Å². The Morgan fingerprint density at radius 2 is 2.00 bits per heavy atom. The molecule has 1 aliphatic heterocycles. The van der Waals surface area contributed by atoms with Crippen LogP contribution in [0.2, 0.25) is 10.0 Å². The molecule has 2 aromatic rings. The maximum Gasteiger partial charge on any atom is 0.220 e. The molecule has 1 aromatic carbocycles. The standard InChI is InChI=1S/C13H12Cl2N4.ClH/c14-7-1-2-8(10(15)5-7)12-9-6-17-4-3-11(9)18-13(16)19-12;/h1-2,5,17H,3-4,6H2,(H2,16,18,19);1H. The van der Waals surface area contributed by atoms with Crippen LogP contribution in [-0.2, 0) is 13.0 Å². The quantitative estimate of drug-likeness (QED) is 0.843. The highest BCUT2D eigenvalue weighted by Gasteiger charge is 2.19. The molecule has 0 amide bonds. The van der Waals surface area contributed by atoms with Gasteiger partial charge in [-0.25, -0.2) is 9.97 Å². The Labute approximate surface area is 133 Å². The third-order valence-electron chi connectivity index (χ3n) is 3.14. The first-order chi connectivity index (χ1) is 9.15. The van der Waals surface area contributed by atoms with Gasteiger partial charge in [0.05, 0.1) is 16.4 Å². The molecule has 20 heavy (non-hydrogen) atoms. The highest BCUT2D eigenvalue weighted by Crippen LogP contribution is 2.33. The van der Waals surface area contributed by atoms with Crippen molar-refractivity contribution in [2.75, 3.05) is 12.3 Å². The van der Waals surface area contributed by atoms with Gasteiger partial charge in [0.25, 0.3) is 0 Å². The van der Waals surface area contributed by atoms with Gasteiger partial charge in [0, 0.05) is 35.7 Å². The fourth-order valence-corrected chi connectivity index (χ4v) is 2.76. The Bertz CT molecular complexity index is 646. The summed E-state index contributed by atoms with van der Waals surface area (Å²) in [4.78, 5) is 8.65. The predicted molar refractivity (Wildman–Crippen MR) is 84.6 cm³/mol. The van der Waals surface area contributed by atoms with E-state index in [9.17, 15) is 0 Å². The minimum Gasteiger partial charge on any atom is -0.368 e. The van der Waals surface area contributed by atoms with Crippen molar-refractivity contribution in [3.8, 4) is 11.3 Å². The highest BCUT2D eigenvalue weighted by atomic mass is 35.5. The van der Waals surface area contributed by atoms with E-state index in [-0.39, 0.29) is 18.4 Å². The number of benzene rings is 1. The van der Waals surface area contributed by atoms with Gasteiger partial charge in [-0.15, -0.1) is 12.4 Å². The molecule has 0 unspecified atom stereocenters. The summed E-state index contributed by atoms with van der Waals surface area (Å²) in [6.45, 7) is 1.63. The maximum absolute atomic E-state index is 6.25. The Morgan fingerprint density at radius 3 is 2.75 bits per heavy atom. The van der Waals surface area contributed by atoms with E-state index in [2.05, 4.69) is 15.3 Å². The number of fused-ring (bicyclic) bond motifs is 1. The summed E-state index contributed by atoms with van der Waals surface area (Å²) in [7, 11) is 0. The number of rotatable bonds is 1. The predicted octanol–water partition coefficient (Wildman–Crippen LogP) is 3.10. The molecule has 0 fully saturated rings. The summed E-state index contributed by atoms with van der Waals surface area (Å²) in [6.07, 6.45) is 0.847. The van der Waals surface area contributed by atoms with Gasteiger partial charge in [0.15, 0.2) is 0 Å². The summed E-state index contributed by atoms with van der Waals surface area (Å²) in [5.41, 5.74) is 9.46. The van der Waals surface area contributed by atoms with Gasteiger partial charge in [0.1, 0.15) is 0 Å². The van der Waals surface area contributed by atoms with Crippen molar-refractivity contribution in [2.45, 2.75) is 13.0 Å². The molecule has 0 atom stereocenters. The van der Waals surface area contributed by atoms with Crippen LogP contribution < -0.4 is 11.1 Å². The van der Waals surface area contributed by atoms with Gasteiger partial charge in [-0.2, -0.15) is 0 Å². The third-order valence-corrected chi connectivity index (χ3v) is 3.68. The topological polar surface area (TPSA) is 63.8 Å². The minimum atomic E-state index is 0.